The number of halogens is 1. The number of ether oxygens (including phenoxy) is 1. The van der Waals surface area contributed by atoms with Gasteiger partial charge in [0.05, 0.1) is 0 Å². The van der Waals surface area contributed by atoms with Crippen molar-refractivity contribution in [2.24, 2.45) is 0 Å². The topological polar surface area (TPSA) is 30.2 Å². The number of aryl methyl sites for hydroxylation is 1. The Kier molecular flexibility index (Phi) is 4.70. The molecule has 4 heteroatoms. The van der Waals surface area contributed by atoms with Crippen molar-refractivity contribution in [3.63, 3.8) is 0 Å². The van der Waals surface area contributed by atoms with Gasteiger partial charge in [0.2, 0.25) is 6.54 Å². The van der Waals surface area contributed by atoms with Crippen molar-refractivity contribution in [1.29, 1.82) is 0 Å². The van der Waals surface area contributed by atoms with Gasteiger partial charge in [0.1, 0.15) is 5.60 Å². The van der Waals surface area contributed by atoms with Crippen LogP contribution in [0.15, 0.2) is 24.4 Å². The summed E-state index contributed by atoms with van der Waals surface area (Å²) < 4.78 is 8.05. The first-order valence-corrected chi connectivity index (χ1v) is 6.70. The Morgan fingerprint density at radius 1 is 1.50 bits per heavy atom. The van der Waals surface area contributed by atoms with E-state index < -0.39 is 0 Å². The standard InChI is InChI=1S/C12H17INO2/c1-10-6-4-5-7-14(10)8-11(15)16-12(2,3)9-13/h4-7H,8-9H2,1-3H3/q+1. The fraction of sp³-hybridized carbons (Fsp3) is 0.500. The van der Waals surface area contributed by atoms with Gasteiger partial charge in [-0.2, -0.15) is 4.57 Å². The van der Waals surface area contributed by atoms with Gasteiger partial charge in [-0.15, -0.1) is 0 Å². The molecule has 3 nitrogen and oxygen atoms in total. The number of alkyl halides is 1. The highest BCUT2D eigenvalue weighted by Crippen LogP contribution is 2.12. The third kappa shape index (κ3) is 4.08. The molecule has 0 amide bonds. The van der Waals surface area contributed by atoms with Gasteiger partial charge in [0.15, 0.2) is 11.9 Å². The second-order valence-electron chi connectivity index (χ2n) is 4.34. The van der Waals surface area contributed by atoms with Crippen molar-refractivity contribution in [1.82, 2.24) is 0 Å². The molecule has 16 heavy (non-hydrogen) atoms. The summed E-state index contributed by atoms with van der Waals surface area (Å²) in [5, 5.41) is 0. The molecule has 88 valence electrons. The summed E-state index contributed by atoms with van der Waals surface area (Å²) in [5.41, 5.74) is 0.660. The Morgan fingerprint density at radius 2 is 2.19 bits per heavy atom. The summed E-state index contributed by atoms with van der Waals surface area (Å²) in [6.45, 7) is 6.07. The van der Waals surface area contributed by atoms with Crippen LogP contribution in [0.2, 0.25) is 0 Å². The number of hydrogen-bond donors (Lipinski definition) is 0. The van der Waals surface area contributed by atoms with E-state index in [2.05, 4.69) is 22.6 Å². The lowest BCUT2D eigenvalue weighted by Gasteiger charge is -2.21. The SMILES string of the molecule is Cc1cccc[n+]1CC(=O)OC(C)(C)CI. The van der Waals surface area contributed by atoms with Crippen molar-refractivity contribution in [3.8, 4) is 0 Å². The molecule has 1 aromatic rings. The number of hydrogen-bond acceptors (Lipinski definition) is 2. The maximum Gasteiger partial charge on any atom is 0.373 e. The smallest absolute Gasteiger partial charge is 0.373 e. The number of rotatable bonds is 4. The van der Waals surface area contributed by atoms with Crippen LogP contribution in [0.25, 0.3) is 0 Å². The Morgan fingerprint density at radius 3 is 2.75 bits per heavy atom. The van der Waals surface area contributed by atoms with Crippen molar-refractivity contribution < 1.29 is 14.1 Å². The zero-order chi connectivity index (χ0) is 12.2. The maximum absolute atomic E-state index is 11.7. The van der Waals surface area contributed by atoms with Gasteiger partial charge in [-0.05, 0) is 13.8 Å². The van der Waals surface area contributed by atoms with E-state index in [4.69, 9.17) is 4.74 Å². The summed E-state index contributed by atoms with van der Waals surface area (Å²) in [6.07, 6.45) is 1.88. The number of carbonyl (C=O) groups is 1. The number of nitrogens with zero attached hydrogens (tertiary/aromatic N) is 1. The zero-order valence-electron chi connectivity index (χ0n) is 9.87. The quantitative estimate of drug-likeness (QED) is 0.365. The summed E-state index contributed by atoms with van der Waals surface area (Å²) >= 11 is 2.22. The average Bonchev–Trinajstić information content (AvgIpc) is 2.21. The van der Waals surface area contributed by atoms with E-state index in [-0.39, 0.29) is 18.1 Å². The minimum absolute atomic E-state index is 0.194. The first-order valence-electron chi connectivity index (χ1n) is 5.17. The monoisotopic (exact) mass is 334 g/mol. The summed E-state index contributed by atoms with van der Waals surface area (Å²) in [6, 6.07) is 5.83. The first kappa shape index (κ1) is 13.4. The minimum Gasteiger partial charge on any atom is -0.454 e. The van der Waals surface area contributed by atoms with Crippen LogP contribution >= 0.6 is 22.6 Å². The van der Waals surface area contributed by atoms with Gasteiger partial charge in [0.25, 0.3) is 0 Å². The van der Waals surface area contributed by atoms with Crippen LogP contribution < -0.4 is 4.57 Å². The maximum atomic E-state index is 11.7. The molecule has 0 saturated heterocycles. The molecular formula is C12H17INO2+. The number of aromatic nitrogens is 1. The molecule has 0 bridgehead atoms. The van der Waals surface area contributed by atoms with E-state index in [1.165, 1.54) is 0 Å². The second-order valence-corrected chi connectivity index (χ2v) is 5.10. The van der Waals surface area contributed by atoms with Gasteiger partial charge < -0.3 is 4.74 Å². The lowest BCUT2D eigenvalue weighted by atomic mass is 10.2. The van der Waals surface area contributed by atoms with E-state index in [1.54, 1.807) is 0 Å². The predicted octanol–water partition coefficient (Wildman–Crippen LogP) is 2.04. The van der Waals surface area contributed by atoms with E-state index in [0.29, 0.717) is 0 Å². The van der Waals surface area contributed by atoms with Crippen molar-refractivity contribution in [2.75, 3.05) is 4.43 Å². The second kappa shape index (κ2) is 5.61. The first-order chi connectivity index (χ1) is 7.44. The van der Waals surface area contributed by atoms with Crippen LogP contribution in [0, 0.1) is 6.92 Å². The van der Waals surface area contributed by atoms with E-state index in [0.717, 1.165) is 10.1 Å². The molecule has 1 heterocycles. The highest BCUT2D eigenvalue weighted by atomic mass is 127. The van der Waals surface area contributed by atoms with Crippen LogP contribution in [0.1, 0.15) is 19.5 Å². The predicted molar refractivity (Wildman–Crippen MR) is 70.4 cm³/mol. The molecule has 1 aromatic heterocycles. The summed E-state index contributed by atoms with van der Waals surface area (Å²) in [5.74, 6) is -0.194. The number of esters is 1. The van der Waals surface area contributed by atoms with Crippen LogP contribution in [0.4, 0.5) is 0 Å². The molecule has 1 rings (SSSR count). The average molecular weight is 334 g/mol. The van der Waals surface area contributed by atoms with E-state index in [1.807, 2.05) is 49.7 Å². The zero-order valence-corrected chi connectivity index (χ0v) is 12.0. The Labute approximate surface area is 110 Å². The lowest BCUT2D eigenvalue weighted by Crippen LogP contribution is -2.43. The molecule has 0 fully saturated rings. The normalized spacial score (nSPS) is 11.2. The molecule has 0 aliphatic carbocycles. The highest BCUT2D eigenvalue weighted by Gasteiger charge is 2.23. The summed E-state index contributed by atoms with van der Waals surface area (Å²) in [4.78, 5) is 11.7. The molecular weight excluding hydrogens is 317 g/mol. The molecule has 0 spiro atoms. The fourth-order valence-corrected chi connectivity index (χ4v) is 1.40. The van der Waals surface area contributed by atoms with Gasteiger partial charge in [-0.25, -0.2) is 4.79 Å². The lowest BCUT2D eigenvalue weighted by molar-refractivity contribution is -0.692. The van der Waals surface area contributed by atoms with E-state index in [9.17, 15) is 4.79 Å². The van der Waals surface area contributed by atoms with Crippen LogP contribution in [-0.2, 0) is 16.1 Å². The molecule has 0 radical (unpaired) electrons. The Hall–Kier alpha value is -0.650. The van der Waals surface area contributed by atoms with Crippen molar-refractivity contribution in [2.45, 2.75) is 32.9 Å². The minimum atomic E-state index is -0.388. The fourth-order valence-electron chi connectivity index (χ4n) is 1.25. The van der Waals surface area contributed by atoms with Crippen LogP contribution in [0.3, 0.4) is 0 Å². The molecule has 0 aromatic carbocycles. The van der Waals surface area contributed by atoms with E-state index >= 15 is 0 Å². The van der Waals surface area contributed by atoms with Gasteiger partial charge in [0, 0.05) is 23.5 Å². The Balaban J connectivity index is 2.62. The highest BCUT2D eigenvalue weighted by molar-refractivity contribution is 14.1. The molecule has 0 atom stereocenters. The van der Waals surface area contributed by atoms with Crippen LogP contribution in [-0.4, -0.2) is 16.0 Å². The molecule has 0 N–H and O–H groups in total. The van der Waals surface area contributed by atoms with Crippen molar-refractivity contribution in [3.05, 3.63) is 30.1 Å². The molecule has 0 aliphatic rings. The Bertz CT molecular complexity index is 377. The molecule has 0 unspecified atom stereocenters. The third-order valence-corrected chi connectivity index (χ3v) is 4.02. The van der Waals surface area contributed by atoms with Gasteiger partial charge >= 0.3 is 5.97 Å². The number of carbonyl (C=O) groups excluding carboxylic acids is 1. The van der Waals surface area contributed by atoms with Gasteiger partial charge in [-0.1, -0.05) is 28.7 Å². The van der Waals surface area contributed by atoms with Gasteiger partial charge in [-0.3, -0.25) is 0 Å². The van der Waals surface area contributed by atoms with Crippen LogP contribution in [0.5, 0.6) is 0 Å². The third-order valence-electron chi connectivity index (χ3n) is 2.18. The molecule has 0 aliphatic heterocycles. The summed E-state index contributed by atoms with van der Waals surface area (Å²) in [7, 11) is 0. The number of pyridine rings is 1. The molecule has 0 saturated carbocycles. The van der Waals surface area contributed by atoms with Crippen molar-refractivity contribution >= 4 is 28.6 Å². The largest absolute Gasteiger partial charge is 0.454 e.